The molecule has 1 amide bonds. The van der Waals surface area contributed by atoms with Crippen LogP contribution in [0.1, 0.15) is 44.1 Å². The second kappa shape index (κ2) is 7.63. The average Bonchev–Trinajstić information content (AvgIpc) is 2.74. The first-order valence-electron chi connectivity index (χ1n) is 7.42. The summed E-state index contributed by atoms with van der Waals surface area (Å²) in [6.45, 7) is 0.0410. The Hall–Kier alpha value is -2.09. The normalized spacial score (nSPS) is 15.8. The molecule has 1 aliphatic rings. The molecular formula is C16H20FN3O. The molecule has 0 unspecified atom stereocenters. The van der Waals surface area contributed by atoms with Crippen LogP contribution in [0.25, 0.3) is 0 Å². The van der Waals surface area contributed by atoms with Gasteiger partial charge in [0.1, 0.15) is 5.82 Å². The number of hydrogen-bond acceptors (Lipinski definition) is 3. The van der Waals surface area contributed by atoms with Gasteiger partial charge >= 0.3 is 0 Å². The minimum atomic E-state index is -0.517. The maximum Gasteiger partial charge on any atom is 0.239 e. The molecule has 0 radical (unpaired) electrons. The van der Waals surface area contributed by atoms with Crippen molar-refractivity contribution in [1.29, 1.82) is 5.26 Å². The molecular weight excluding hydrogens is 269 g/mol. The molecule has 0 aliphatic heterocycles. The van der Waals surface area contributed by atoms with E-state index in [1.54, 1.807) is 0 Å². The average molecular weight is 289 g/mol. The van der Waals surface area contributed by atoms with Gasteiger partial charge in [-0.15, -0.1) is 0 Å². The maximum atomic E-state index is 13.7. The van der Waals surface area contributed by atoms with Gasteiger partial charge in [-0.25, -0.2) is 4.39 Å². The van der Waals surface area contributed by atoms with Gasteiger partial charge in [0.05, 0.1) is 23.9 Å². The van der Waals surface area contributed by atoms with Gasteiger partial charge in [-0.3, -0.25) is 4.79 Å². The molecule has 0 aromatic heterocycles. The lowest BCUT2D eigenvalue weighted by Crippen LogP contribution is -2.38. The zero-order valence-electron chi connectivity index (χ0n) is 12.0. The van der Waals surface area contributed by atoms with Crippen molar-refractivity contribution in [3.05, 3.63) is 29.6 Å². The third-order valence-corrected chi connectivity index (χ3v) is 3.76. The van der Waals surface area contributed by atoms with Crippen LogP contribution in [0.3, 0.4) is 0 Å². The molecule has 0 heterocycles. The maximum absolute atomic E-state index is 13.7. The number of carbonyl (C=O) groups excluding carboxylic acids is 1. The molecule has 112 valence electrons. The first-order valence-corrected chi connectivity index (χ1v) is 7.42. The van der Waals surface area contributed by atoms with Crippen molar-refractivity contribution in [3.8, 4) is 6.07 Å². The van der Waals surface area contributed by atoms with Gasteiger partial charge in [0.15, 0.2) is 0 Å². The topological polar surface area (TPSA) is 64.9 Å². The molecule has 2 rings (SSSR count). The number of rotatable bonds is 4. The van der Waals surface area contributed by atoms with Crippen LogP contribution in [0.5, 0.6) is 0 Å². The Kier molecular flexibility index (Phi) is 5.56. The largest absolute Gasteiger partial charge is 0.374 e. The second-order valence-corrected chi connectivity index (χ2v) is 5.42. The number of benzene rings is 1. The van der Waals surface area contributed by atoms with E-state index in [-0.39, 0.29) is 29.7 Å². The van der Waals surface area contributed by atoms with Gasteiger partial charge in [-0.2, -0.15) is 5.26 Å². The number of hydrogen-bond donors (Lipinski definition) is 2. The lowest BCUT2D eigenvalue weighted by Gasteiger charge is -2.16. The zero-order valence-corrected chi connectivity index (χ0v) is 12.0. The summed E-state index contributed by atoms with van der Waals surface area (Å²) in [6.07, 6.45) is 6.83. The van der Waals surface area contributed by atoms with Gasteiger partial charge < -0.3 is 10.6 Å². The zero-order chi connectivity index (χ0) is 15.1. The number of halogens is 1. The highest BCUT2D eigenvalue weighted by Gasteiger charge is 2.14. The van der Waals surface area contributed by atoms with Crippen LogP contribution in [0.4, 0.5) is 10.1 Å². The van der Waals surface area contributed by atoms with E-state index in [2.05, 4.69) is 10.6 Å². The Morgan fingerprint density at radius 2 is 2.00 bits per heavy atom. The van der Waals surface area contributed by atoms with Crippen molar-refractivity contribution >= 4 is 11.6 Å². The Balaban J connectivity index is 1.82. The highest BCUT2D eigenvalue weighted by molar-refractivity contribution is 5.81. The predicted molar refractivity (Wildman–Crippen MR) is 79.2 cm³/mol. The molecule has 0 saturated heterocycles. The van der Waals surface area contributed by atoms with Crippen molar-refractivity contribution in [2.45, 2.75) is 44.6 Å². The van der Waals surface area contributed by atoms with Crippen molar-refractivity contribution in [2.75, 3.05) is 11.9 Å². The summed E-state index contributed by atoms with van der Waals surface area (Å²) < 4.78 is 13.7. The molecule has 0 atom stereocenters. The minimum Gasteiger partial charge on any atom is -0.374 e. The monoisotopic (exact) mass is 289 g/mol. The number of nitrogens with one attached hydrogen (secondary N) is 2. The summed E-state index contributed by atoms with van der Waals surface area (Å²) in [6, 6.07) is 6.28. The van der Waals surface area contributed by atoms with Gasteiger partial charge in [-0.05, 0) is 31.0 Å². The van der Waals surface area contributed by atoms with Gasteiger partial charge in [0.2, 0.25) is 5.91 Å². The molecule has 2 N–H and O–H groups in total. The molecule has 1 aromatic carbocycles. The van der Waals surface area contributed by atoms with Crippen LogP contribution in [0.15, 0.2) is 18.2 Å². The smallest absolute Gasteiger partial charge is 0.239 e. The summed E-state index contributed by atoms with van der Waals surface area (Å²) in [4.78, 5) is 11.9. The third-order valence-electron chi connectivity index (χ3n) is 3.76. The SMILES string of the molecule is N#Cc1ccc(NCC(=O)NC2CCCCCC2)c(F)c1. The van der Waals surface area contributed by atoms with E-state index in [0.29, 0.717) is 0 Å². The molecule has 5 heteroatoms. The number of anilines is 1. The summed E-state index contributed by atoms with van der Waals surface area (Å²) in [5.74, 6) is -0.637. The lowest BCUT2D eigenvalue weighted by atomic mass is 10.1. The highest BCUT2D eigenvalue weighted by atomic mass is 19.1. The Morgan fingerprint density at radius 3 is 2.62 bits per heavy atom. The van der Waals surface area contributed by atoms with Gasteiger partial charge in [-0.1, -0.05) is 25.7 Å². The number of nitrogens with zero attached hydrogens (tertiary/aromatic N) is 1. The quantitative estimate of drug-likeness (QED) is 0.838. The van der Waals surface area contributed by atoms with E-state index >= 15 is 0 Å². The molecule has 1 aliphatic carbocycles. The van der Waals surface area contributed by atoms with Crippen LogP contribution in [-0.2, 0) is 4.79 Å². The second-order valence-electron chi connectivity index (χ2n) is 5.42. The molecule has 21 heavy (non-hydrogen) atoms. The van der Waals surface area contributed by atoms with E-state index in [9.17, 15) is 9.18 Å². The van der Waals surface area contributed by atoms with E-state index < -0.39 is 5.82 Å². The predicted octanol–water partition coefficient (Wildman–Crippen LogP) is 2.95. The standard InChI is InChI=1S/C16H20FN3O/c17-14-9-12(10-18)7-8-15(14)19-11-16(21)20-13-5-3-1-2-4-6-13/h7-9,13,19H,1-6,11H2,(H,20,21). The fraction of sp³-hybridized carbons (Fsp3) is 0.500. The van der Waals surface area contributed by atoms with E-state index in [4.69, 9.17) is 5.26 Å². The number of nitriles is 1. The van der Waals surface area contributed by atoms with Crippen molar-refractivity contribution in [1.82, 2.24) is 5.32 Å². The van der Waals surface area contributed by atoms with Crippen LogP contribution in [0.2, 0.25) is 0 Å². The summed E-state index contributed by atoms with van der Waals surface area (Å²) in [5, 5.41) is 14.4. The van der Waals surface area contributed by atoms with Gasteiger partial charge in [0, 0.05) is 6.04 Å². The molecule has 0 bridgehead atoms. The van der Waals surface area contributed by atoms with E-state index in [1.165, 1.54) is 25.0 Å². The Morgan fingerprint density at radius 1 is 1.29 bits per heavy atom. The van der Waals surface area contributed by atoms with Crippen LogP contribution >= 0.6 is 0 Å². The minimum absolute atomic E-state index is 0.0410. The summed E-state index contributed by atoms with van der Waals surface area (Å²) >= 11 is 0. The number of amides is 1. The van der Waals surface area contributed by atoms with Crippen LogP contribution in [0, 0.1) is 17.1 Å². The van der Waals surface area contributed by atoms with Crippen LogP contribution in [-0.4, -0.2) is 18.5 Å². The molecule has 0 spiro atoms. The van der Waals surface area contributed by atoms with Gasteiger partial charge in [0.25, 0.3) is 0 Å². The Bertz CT molecular complexity index is 531. The van der Waals surface area contributed by atoms with E-state index in [1.807, 2.05) is 6.07 Å². The molecule has 1 saturated carbocycles. The van der Waals surface area contributed by atoms with Crippen molar-refractivity contribution in [2.24, 2.45) is 0 Å². The highest BCUT2D eigenvalue weighted by Crippen LogP contribution is 2.17. The summed E-state index contributed by atoms with van der Waals surface area (Å²) in [7, 11) is 0. The van der Waals surface area contributed by atoms with E-state index in [0.717, 1.165) is 31.7 Å². The van der Waals surface area contributed by atoms with Crippen molar-refractivity contribution in [3.63, 3.8) is 0 Å². The van der Waals surface area contributed by atoms with Crippen molar-refractivity contribution < 1.29 is 9.18 Å². The number of carbonyl (C=O) groups is 1. The fourth-order valence-electron chi connectivity index (χ4n) is 2.61. The Labute approximate surface area is 124 Å². The van der Waals surface area contributed by atoms with Crippen LogP contribution < -0.4 is 10.6 Å². The third kappa shape index (κ3) is 4.75. The fourth-order valence-corrected chi connectivity index (χ4v) is 2.61. The molecule has 1 fully saturated rings. The molecule has 1 aromatic rings. The molecule has 4 nitrogen and oxygen atoms in total. The first-order chi connectivity index (χ1) is 10.2. The first kappa shape index (κ1) is 15.3. The lowest BCUT2D eigenvalue weighted by molar-refractivity contribution is -0.120. The summed E-state index contributed by atoms with van der Waals surface area (Å²) in [5.41, 5.74) is 0.506.